The average Bonchev–Trinajstić information content (AvgIpc) is 3.01. The van der Waals surface area contributed by atoms with Crippen molar-refractivity contribution in [2.24, 2.45) is 5.84 Å². The maximum Gasteiger partial charge on any atom is 0.338 e. The predicted octanol–water partition coefficient (Wildman–Crippen LogP) is 3.62. The molecule has 1 aliphatic rings. The highest BCUT2D eigenvalue weighted by Crippen LogP contribution is 2.44. The third-order valence-electron chi connectivity index (χ3n) is 4.84. The van der Waals surface area contributed by atoms with E-state index in [0.717, 1.165) is 5.56 Å². The topological polar surface area (TPSA) is 64.3 Å². The van der Waals surface area contributed by atoms with Gasteiger partial charge >= 0.3 is 5.97 Å². The first kappa shape index (κ1) is 16.5. The lowest BCUT2D eigenvalue weighted by Gasteiger charge is -2.14. The fourth-order valence-electron chi connectivity index (χ4n) is 3.56. The van der Waals surface area contributed by atoms with Crippen molar-refractivity contribution in [1.29, 1.82) is 0 Å². The highest BCUT2D eigenvalue weighted by Gasteiger charge is 2.29. The zero-order chi connectivity index (χ0) is 17.9. The van der Waals surface area contributed by atoms with Crippen LogP contribution >= 0.6 is 0 Å². The number of fused-ring (bicyclic) bond motifs is 3. The number of rotatable bonds is 5. The minimum Gasteiger partial charge on any atom is -0.461 e. The Morgan fingerprint density at radius 3 is 2.04 bits per heavy atom. The molecule has 26 heavy (non-hydrogen) atoms. The maximum absolute atomic E-state index is 12.4. The van der Waals surface area contributed by atoms with Gasteiger partial charge in [-0.05, 0) is 39.9 Å². The van der Waals surface area contributed by atoms with Gasteiger partial charge in [0.2, 0.25) is 0 Å². The summed E-state index contributed by atoms with van der Waals surface area (Å²) >= 11 is 0. The lowest BCUT2D eigenvalue weighted by Crippen LogP contribution is -2.20. The molecule has 0 spiro atoms. The van der Waals surface area contributed by atoms with E-state index in [9.17, 15) is 4.79 Å². The molecule has 0 aliphatic heterocycles. The molecule has 4 nitrogen and oxygen atoms in total. The summed E-state index contributed by atoms with van der Waals surface area (Å²) in [5, 5.41) is 0. The van der Waals surface area contributed by atoms with Gasteiger partial charge in [-0.25, -0.2) is 4.79 Å². The van der Waals surface area contributed by atoms with Crippen molar-refractivity contribution in [1.82, 2.24) is 5.43 Å². The number of nitrogens with one attached hydrogen (secondary N) is 1. The standard InChI is InChI=1S/C22H20N2O2/c23-24-13-15-9-11-16(12-10-15)22(25)26-14-21-19-7-3-1-5-17(19)18-6-2-4-8-20(18)21/h1-12,21,24H,13-14,23H2. The molecule has 0 unspecified atom stereocenters. The van der Waals surface area contributed by atoms with Crippen molar-refractivity contribution >= 4 is 5.97 Å². The molecule has 3 N–H and O–H groups in total. The van der Waals surface area contributed by atoms with Crippen LogP contribution in [0.3, 0.4) is 0 Å². The Kier molecular flexibility index (Phi) is 4.52. The number of carbonyl (C=O) groups excluding carboxylic acids is 1. The highest BCUT2D eigenvalue weighted by molar-refractivity contribution is 5.89. The smallest absolute Gasteiger partial charge is 0.338 e. The Morgan fingerprint density at radius 1 is 0.885 bits per heavy atom. The van der Waals surface area contributed by atoms with Gasteiger partial charge < -0.3 is 4.74 Å². The number of esters is 1. The average molecular weight is 344 g/mol. The van der Waals surface area contributed by atoms with Crippen LogP contribution in [0.15, 0.2) is 72.8 Å². The largest absolute Gasteiger partial charge is 0.461 e. The number of hydrogen-bond donors (Lipinski definition) is 2. The number of ether oxygens (including phenoxy) is 1. The third-order valence-corrected chi connectivity index (χ3v) is 4.84. The normalized spacial score (nSPS) is 12.5. The fourth-order valence-corrected chi connectivity index (χ4v) is 3.56. The first-order chi connectivity index (χ1) is 12.8. The summed E-state index contributed by atoms with van der Waals surface area (Å²) in [4.78, 5) is 12.4. The van der Waals surface area contributed by atoms with Crippen molar-refractivity contribution in [3.8, 4) is 11.1 Å². The second kappa shape index (κ2) is 7.12. The molecule has 0 saturated carbocycles. The van der Waals surface area contributed by atoms with Crippen LogP contribution in [0.25, 0.3) is 11.1 Å². The number of hydrogen-bond acceptors (Lipinski definition) is 4. The second-order valence-electron chi connectivity index (χ2n) is 6.40. The molecule has 0 amide bonds. The third kappa shape index (κ3) is 3.01. The summed E-state index contributed by atoms with van der Waals surface area (Å²) in [7, 11) is 0. The Hall–Kier alpha value is -2.95. The van der Waals surface area contributed by atoms with E-state index < -0.39 is 0 Å². The molecule has 4 heteroatoms. The number of nitrogens with two attached hydrogens (primary N) is 1. The molecule has 0 atom stereocenters. The summed E-state index contributed by atoms with van der Waals surface area (Å²) < 4.78 is 5.65. The minimum absolute atomic E-state index is 0.0760. The van der Waals surface area contributed by atoms with Crippen LogP contribution in [0, 0.1) is 0 Å². The molecule has 0 radical (unpaired) electrons. The van der Waals surface area contributed by atoms with Crippen molar-refractivity contribution in [2.45, 2.75) is 12.5 Å². The highest BCUT2D eigenvalue weighted by atomic mass is 16.5. The minimum atomic E-state index is -0.306. The van der Waals surface area contributed by atoms with Crippen LogP contribution in [0.4, 0.5) is 0 Å². The second-order valence-corrected chi connectivity index (χ2v) is 6.40. The molecule has 0 saturated heterocycles. The molecular weight excluding hydrogens is 324 g/mol. The number of benzene rings is 3. The summed E-state index contributed by atoms with van der Waals surface area (Å²) in [6, 6.07) is 23.9. The van der Waals surface area contributed by atoms with E-state index in [4.69, 9.17) is 10.6 Å². The van der Waals surface area contributed by atoms with E-state index in [1.165, 1.54) is 22.3 Å². The van der Waals surface area contributed by atoms with Crippen LogP contribution in [-0.4, -0.2) is 12.6 Å². The molecule has 0 heterocycles. The Labute approximate surface area is 152 Å². The molecule has 4 rings (SSSR count). The van der Waals surface area contributed by atoms with Crippen molar-refractivity contribution in [3.63, 3.8) is 0 Å². The first-order valence-electron chi connectivity index (χ1n) is 8.65. The SMILES string of the molecule is NNCc1ccc(C(=O)OCC2c3ccccc3-c3ccccc32)cc1. The van der Waals surface area contributed by atoms with E-state index >= 15 is 0 Å². The molecule has 3 aromatic carbocycles. The van der Waals surface area contributed by atoms with Gasteiger partial charge in [0, 0.05) is 12.5 Å². The van der Waals surface area contributed by atoms with Gasteiger partial charge in [0.15, 0.2) is 0 Å². The van der Waals surface area contributed by atoms with Crippen LogP contribution in [0.2, 0.25) is 0 Å². The van der Waals surface area contributed by atoms with Crippen molar-refractivity contribution in [2.75, 3.05) is 6.61 Å². The van der Waals surface area contributed by atoms with Crippen LogP contribution in [-0.2, 0) is 11.3 Å². The lowest BCUT2D eigenvalue weighted by molar-refractivity contribution is 0.0493. The van der Waals surface area contributed by atoms with E-state index in [2.05, 4.69) is 29.7 Å². The lowest BCUT2D eigenvalue weighted by atomic mass is 9.98. The van der Waals surface area contributed by atoms with E-state index in [1.807, 2.05) is 36.4 Å². The van der Waals surface area contributed by atoms with Gasteiger partial charge in [0.1, 0.15) is 6.61 Å². The van der Waals surface area contributed by atoms with Gasteiger partial charge in [-0.3, -0.25) is 11.3 Å². The molecular formula is C22H20N2O2. The zero-order valence-electron chi connectivity index (χ0n) is 14.3. The summed E-state index contributed by atoms with van der Waals surface area (Å²) in [6.07, 6.45) is 0. The zero-order valence-corrected chi connectivity index (χ0v) is 14.3. The maximum atomic E-state index is 12.4. The summed E-state index contributed by atoms with van der Waals surface area (Å²) in [6.45, 7) is 0.893. The van der Waals surface area contributed by atoms with Gasteiger partial charge in [0.25, 0.3) is 0 Å². The summed E-state index contributed by atoms with van der Waals surface area (Å²) in [5.41, 5.74) is 9.04. The Morgan fingerprint density at radius 2 is 1.46 bits per heavy atom. The quantitative estimate of drug-likeness (QED) is 0.421. The van der Waals surface area contributed by atoms with Gasteiger partial charge in [-0.2, -0.15) is 0 Å². The Bertz CT molecular complexity index is 889. The van der Waals surface area contributed by atoms with Crippen LogP contribution in [0.1, 0.15) is 33.0 Å². The monoisotopic (exact) mass is 344 g/mol. The van der Waals surface area contributed by atoms with E-state index in [0.29, 0.717) is 18.7 Å². The fraction of sp³-hybridized carbons (Fsp3) is 0.136. The van der Waals surface area contributed by atoms with E-state index in [-0.39, 0.29) is 11.9 Å². The van der Waals surface area contributed by atoms with E-state index in [1.54, 1.807) is 12.1 Å². The first-order valence-corrected chi connectivity index (χ1v) is 8.65. The molecule has 0 fully saturated rings. The molecule has 3 aromatic rings. The molecule has 0 aromatic heterocycles. The predicted molar refractivity (Wildman–Crippen MR) is 101 cm³/mol. The van der Waals surface area contributed by atoms with Gasteiger partial charge in [0.05, 0.1) is 5.56 Å². The molecule has 1 aliphatic carbocycles. The number of carbonyl (C=O) groups is 1. The van der Waals surface area contributed by atoms with Crippen molar-refractivity contribution < 1.29 is 9.53 Å². The number of hydrazine groups is 1. The molecule has 0 bridgehead atoms. The van der Waals surface area contributed by atoms with Gasteiger partial charge in [-0.1, -0.05) is 60.7 Å². The van der Waals surface area contributed by atoms with Gasteiger partial charge in [-0.15, -0.1) is 0 Å². The van der Waals surface area contributed by atoms with Crippen molar-refractivity contribution in [3.05, 3.63) is 95.1 Å². The van der Waals surface area contributed by atoms with Crippen LogP contribution in [0.5, 0.6) is 0 Å². The molecule has 130 valence electrons. The Balaban J connectivity index is 1.52. The van der Waals surface area contributed by atoms with Crippen LogP contribution < -0.4 is 11.3 Å². The summed E-state index contributed by atoms with van der Waals surface area (Å²) in [5.74, 6) is 5.08.